The maximum Gasteiger partial charge on any atom is 0.0897 e. The van der Waals surface area contributed by atoms with E-state index < -0.39 is 0 Å². The largest absolute Gasteiger partial charge is 0.305 e. The Morgan fingerprint density at radius 1 is 1.35 bits per heavy atom. The molecule has 0 aliphatic heterocycles. The number of hydrogen-bond acceptors (Lipinski definition) is 3. The summed E-state index contributed by atoms with van der Waals surface area (Å²) in [6, 6.07) is 9.01. The van der Waals surface area contributed by atoms with Gasteiger partial charge in [-0.1, -0.05) is 29.8 Å². The Balaban J connectivity index is 1.95. The van der Waals surface area contributed by atoms with Gasteiger partial charge in [0.05, 0.1) is 5.01 Å². The smallest absolute Gasteiger partial charge is 0.0897 e. The van der Waals surface area contributed by atoms with Crippen LogP contribution >= 0.6 is 11.3 Å². The van der Waals surface area contributed by atoms with Crippen molar-refractivity contribution in [3.8, 4) is 0 Å². The van der Waals surface area contributed by atoms with Gasteiger partial charge in [-0.2, -0.15) is 0 Å². The normalized spacial score (nSPS) is 12.6. The van der Waals surface area contributed by atoms with Gasteiger partial charge in [0.1, 0.15) is 0 Å². The lowest BCUT2D eigenvalue weighted by Gasteiger charge is -2.13. The van der Waals surface area contributed by atoms with Crippen molar-refractivity contribution in [1.29, 1.82) is 0 Å². The molecule has 0 bridgehead atoms. The van der Waals surface area contributed by atoms with Crippen LogP contribution in [0.3, 0.4) is 0 Å². The van der Waals surface area contributed by atoms with Crippen molar-refractivity contribution in [1.82, 2.24) is 10.3 Å². The first-order valence-electron chi connectivity index (χ1n) is 5.86. The molecule has 0 amide bonds. The molecule has 0 aliphatic rings. The van der Waals surface area contributed by atoms with Gasteiger partial charge >= 0.3 is 0 Å². The van der Waals surface area contributed by atoms with Gasteiger partial charge in [-0.3, -0.25) is 0 Å². The summed E-state index contributed by atoms with van der Waals surface area (Å²) in [7, 11) is 0. The van der Waals surface area contributed by atoms with Crippen LogP contribution in [-0.4, -0.2) is 4.98 Å². The fraction of sp³-hybridized carbons (Fsp3) is 0.357. The zero-order chi connectivity index (χ0) is 12.3. The van der Waals surface area contributed by atoms with E-state index in [2.05, 4.69) is 48.4 Å². The van der Waals surface area contributed by atoms with Crippen LogP contribution in [0.4, 0.5) is 0 Å². The Labute approximate surface area is 107 Å². The molecular weight excluding hydrogens is 228 g/mol. The topological polar surface area (TPSA) is 24.9 Å². The van der Waals surface area contributed by atoms with Crippen molar-refractivity contribution in [3.05, 3.63) is 51.5 Å². The van der Waals surface area contributed by atoms with Crippen LogP contribution in [0.15, 0.2) is 30.5 Å². The molecule has 0 saturated carbocycles. The molecule has 1 N–H and O–H groups in total. The van der Waals surface area contributed by atoms with Crippen molar-refractivity contribution in [2.45, 2.75) is 33.4 Å². The highest BCUT2D eigenvalue weighted by molar-refractivity contribution is 7.11. The van der Waals surface area contributed by atoms with Crippen molar-refractivity contribution in [3.63, 3.8) is 0 Å². The minimum Gasteiger partial charge on any atom is -0.305 e. The molecule has 3 heteroatoms. The summed E-state index contributed by atoms with van der Waals surface area (Å²) in [5.41, 5.74) is 2.65. The van der Waals surface area contributed by atoms with E-state index in [9.17, 15) is 0 Å². The third-order valence-electron chi connectivity index (χ3n) is 2.79. The summed E-state index contributed by atoms with van der Waals surface area (Å²) < 4.78 is 0. The van der Waals surface area contributed by atoms with Gasteiger partial charge in [-0.25, -0.2) is 4.98 Å². The molecule has 17 heavy (non-hydrogen) atoms. The Morgan fingerprint density at radius 2 is 2.18 bits per heavy atom. The minimum absolute atomic E-state index is 0.373. The predicted octanol–water partition coefficient (Wildman–Crippen LogP) is 3.61. The number of hydrogen-bond donors (Lipinski definition) is 1. The van der Waals surface area contributed by atoms with Gasteiger partial charge in [0, 0.05) is 23.7 Å². The second-order valence-electron chi connectivity index (χ2n) is 4.36. The summed E-state index contributed by atoms with van der Waals surface area (Å²) in [4.78, 5) is 5.55. The number of benzene rings is 1. The summed E-state index contributed by atoms with van der Waals surface area (Å²) in [6.45, 7) is 7.25. The minimum atomic E-state index is 0.373. The van der Waals surface area contributed by atoms with Crippen molar-refractivity contribution in [2.24, 2.45) is 0 Å². The highest BCUT2D eigenvalue weighted by Gasteiger charge is 2.05. The highest BCUT2D eigenvalue weighted by Crippen LogP contribution is 2.16. The van der Waals surface area contributed by atoms with Crippen LogP contribution < -0.4 is 5.32 Å². The maximum absolute atomic E-state index is 4.26. The molecule has 2 rings (SSSR count). The molecule has 1 atom stereocenters. The van der Waals surface area contributed by atoms with Crippen LogP contribution in [-0.2, 0) is 6.54 Å². The number of nitrogens with one attached hydrogen (secondary N) is 1. The molecule has 2 nitrogen and oxygen atoms in total. The molecule has 1 aromatic carbocycles. The van der Waals surface area contributed by atoms with E-state index in [1.807, 2.05) is 13.1 Å². The summed E-state index contributed by atoms with van der Waals surface area (Å²) in [6.07, 6.45) is 1.95. The van der Waals surface area contributed by atoms with Crippen molar-refractivity contribution < 1.29 is 0 Å². The lowest BCUT2D eigenvalue weighted by Crippen LogP contribution is -2.17. The van der Waals surface area contributed by atoms with E-state index >= 15 is 0 Å². The lowest BCUT2D eigenvalue weighted by molar-refractivity contribution is 0.578. The van der Waals surface area contributed by atoms with Crippen LogP contribution in [0.1, 0.15) is 34.0 Å². The molecule has 0 spiro atoms. The first-order chi connectivity index (χ1) is 8.15. The lowest BCUT2D eigenvalue weighted by atomic mass is 10.1. The van der Waals surface area contributed by atoms with E-state index in [-0.39, 0.29) is 0 Å². The second kappa shape index (κ2) is 5.43. The van der Waals surface area contributed by atoms with Crippen LogP contribution in [0, 0.1) is 13.8 Å². The number of thiazole rings is 1. The van der Waals surface area contributed by atoms with Gasteiger partial charge in [0.25, 0.3) is 0 Å². The SMILES string of the molecule is Cc1cccc([C@@H](C)NCc2cnc(C)s2)c1. The predicted molar refractivity (Wildman–Crippen MR) is 73.3 cm³/mol. The second-order valence-corrected chi connectivity index (χ2v) is 5.68. The van der Waals surface area contributed by atoms with Crippen LogP contribution in [0.2, 0.25) is 0 Å². The monoisotopic (exact) mass is 246 g/mol. The fourth-order valence-electron chi connectivity index (χ4n) is 1.80. The number of nitrogens with zero attached hydrogens (tertiary/aromatic N) is 1. The molecule has 2 aromatic rings. The van der Waals surface area contributed by atoms with Gasteiger partial charge in [0.2, 0.25) is 0 Å². The first-order valence-corrected chi connectivity index (χ1v) is 6.68. The summed E-state index contributed by atoms with van der Waals surface area (Å²) in [5.74, 6) is 0. The number of aromatic nitrogens is 1. The maximum atomic E-state index is 4.26. The standard InChI is InChI=1S/C14H18N2S/c1-10-5-4-6-13(7-10)11(2)15-8-14-9-16-12(3)17-14/h4-7,9,11,15H,8H2,1-3H3/t11-/m1/s1. The molecule has 1 heterocycles. The zero-order valence-electron chi connectivity index (χ0n) is 10.5. The highest BCUT2D eigenvalue weighted by atomic mass is 32.1. The zero-order valence-corrected chi connectivity index (χ0v) is 11.3. The van der Waals surface area contributed by atoms with Crippen LogP contribution in [0.25, 0.3) is 0 Å². The molecular formula is C14H18N2S. The average Bonchev–Trinajstić information content (AvgIpc) is 2.72. The summed E-state index contributed by atoms with van der Waals surface area (Å²) >= 11 is 1.75. The number of aryl methyl sites for hydroxylation is 2. The van der Waals surface area contributed by atoms with Gasteiger partial charge in [-0.05, 0) is 26.3 Å². The van der Waals surface area contributed by atoms with Crippen molar-refractivity contribution in [2.75, 3.05) is 0 Å². The molecule has 0 aliphatic carbocycles. The first kappa shape index (κ1) is 12.3. The molecule has 0 saturated heterocycles. The van der Waals surface area contributed by atoms with E-state index in [1.165, 1.54) is 16.0 Å². The molecule has 0 unspecified atom stereocenters. The van der Waals surface area contributed by atoms with Crippen molar-refractivity contribution >= 4 is 11.3 Å². The fourth-order valence-corrected chi connectivity index (χ4v) is 2.54. The Bertz CT molecular complexity index is 490. The quantitative estimate of drug-likeness (QED) is 0.891. The van der Waals surface area contributed by atoms with E-state index in [1.54, 1.807) is 11.3 Å². The molecule has 90 valence electrons. The Hall–Kier alpha value is -1.19. The Morgan fingerprint density at radius 3 is 2.82 bits per heavy atom. The van der Waals surface area contributed by atoms with E-state index in [0.717, 1.165) is 11.6 Å². The van der Waals surface area contributed by atoms with E-state index in [4.69, 9.17) is 0 Å². The third-order valence-corrected chi connectivity index (χ3v) is 3.71. The van der Waals surface area contributed by atoms with Gasteiger partial charge < -0.3 is 5.32 Å². The van der Waals surface area contributed by atoms with Crippen LogP contribution in [0.5, 0.6) is 0 Å². The number of rotatable bonds is 4. The molecule has 0 radical (unpaired) electrons. The average molecular weight is 246 g/mol. The van der Waals surface area contributed by atoms with Gasteiger partial charge in [0.15, 0.2) is 0 Å². The Kier molecular flexibility index (Phi) is 3.92. The third kappa shape index (κ3) is 3.38. The molecule has 1 aromatic heterocycles. The van der Waals surface area contributed by atoms with Gasteiger partial charge in [-0.15, -0.1) is 11.3 Å². The van der Waals surface area contributed by atoms with E-state index in [0.29, 0.717) is 6.04 Å². The molecule has 0 fully saturated rings. The summed E-state index contributed by atoms with van der Waals surface area (Å²) in [5, 5.41) is 4.66.